The first kappa shape index (κ1) is 15.4. The number of rotatable bonds is 4. The van der Waals surface area contributed by atoms with Crippen LogP contribution < -0.4 is 5.56 Å². The number of hydrogen-bond donors (Lipinski definition) is 2. The summed E-state index contributed by atoms with van der Waals surface area (Å²) >= 11 is 8.36. The van der Waals surface area contributed by atoms with Crippen LogP contribution in [0.15, 0.2) is 51.2 Å². The van der Waals surface area contributed by atoms with Crippen LogP contribution in [0.1, 0.15) is 5.56 Å². The van der Waals surface area contributed by atoms with Gasteiger partial charge in [-0.2, -0.15) is 0 Å². The fourth-order valence-corrected chi connectivity index (χ4v) is 2.32. The summed E-state index contributed by atoms with van der Waals surface area (Å²) in [5, 5.41) is 10.2. The Balaban J connectivity index is 2.52. The molecule has 2 aromatic rings. The topological polar surface area (TPSA) is 70.4 Å². The number of aliphatic imine (C=N–C) groups is 1. The molecule has 0 amide bonds. The number of aromatic hydroxyl groups is 1. The summed E-state index contributed by atoms with van der Waals surface area (Å²) in [5.41, 5.74) is 0.198. The van der Waals surface area contributed by atoms with E-state index in [2.05, 4.69) is 32.5 Å². The Labute approximate surface area is 134 Å². The molecule has 0 aliphatic heterocycles. The SMILES string of the molecule is C=CCn1c(O)c(C=Nc2ccccc2Br)c(=O)[nH]c1=S. The molecule has 1 aromatic heterocycles. The van der Waals surface area contributed by atoms with Crippen LogP contribution in [-0.2, 0) is 6.54 Å². The standard InChI is InChI=1S/C14H12BrN3O2S/c1-2-7-18-13(20)9(12(19)17-14(18)21)8-16-11-6-4-3-5-10(11)15/h2-6,8,20H,1,7H2,(H,17,19,21). The molecule has 0 unspecified atom stereocenters. The predicted octanol–water partition coefficient (Wildman–Crippen LogP) is 3.31. The van der Waals surface area contributed by atoms with Crippen LogP contribution in [0.2, 0.25) is 0 Å². The van der Waals surface area contributed by atoms with Gasteiger partial charge in [-0.05, 0) is 40.3 Å². The van der Waals surface area contributed by atoms with Gasteiger partial charge in [0.25, 0.3) is 5.56 Å². The van der Waals surface area contributed by atoms with E-state index in [0.717, 1.165) is 4.47 Å². The highest BCUT2D eigenvalue weighted by molar-refractivity contribution is 9.10. The van der Waals surface area contributed by atoms with Crippen molar-refractivity contribution in [1.29, 1.82) is 0 Å². The molecule has 1 heterocycles. The fourth-order valence-electron chi connectivity index (χ4n) is 1.68. The summed E-state index contributed by atoms with van der Waals surface area (Å²) < 4.78 is 2.29. The van der Waals surface area contributed by atoms with Crippen molar-refractivity contribution in [2.75, 3.05) is 0 Å². The van der Waals surface area contributed by atoms with Gasteiger partial charge >= 0.3 is 0 Å². The number of benzene rings is 1. The number of hydrogen-bond acceptors (Lipinski definition) is 4. The zero-order chi connectivity index (χ0) is 15.4. The molecule has 108 valence electrons. The van der Waals surface area contributed by atoms with Crippen molar-refractivity contribution in [1.82, 2.24) is 9.55 Å². The zero-order valence-corrected chi connectivity index (χ0v) is 13.3. The second-order valence-electron chi connectivity index (χ2n) is 4.11. The lowest BCUT2D eigenvalue weighted by Crippen LogP contribution is -2.18. The van der Waals surface area contributed by atoms with Gasteiger partial charge in [0.15, 0.2) is 4.77 Å². The highest BCUT2D eigenvalue weighted by Gasteiger charge is 2.10. The Morgan fingerprint density at radius 1 is 1.48 bits per heavy atom. The Morgan fingerprint density at radius 3 is 2.86 bits per heavy atom. The maximum absolute atomic E-state index is 11.9. The van der Waals surface area contributed by atoms with Crippen molar-refractivity contribution >= 4 is 40.0 Å². The average molecular weight is 366 g/mol. The van der Waals surface area contributed by atoms with E-state index in [1.807, 2.05) is 18.2 Å². The number of halogens is 1. The zero-order valence-electron chi connectivity index (χ0n) is 10.9. The first-order valence-electron chi connectivity index (χ1n) is 6.00. The van der Waals surface area contributed by atoms with Crippen LogP contribution in [0.3, 0.4) is 0 Å². The van der Waals surface area contributed by atoms with Gasteiger partial charge < -0.3 is 5.11 Å². The van der Waals surface area contributed by atoms with Crippen LogP contribution in [0.5, 0.6) is 5.88 Å². The molecule has 7 heteroatoms. The fraction of sp³-hybridized carbons (Fsp3) is 0.0714. The van der Waals surface area contributed by atoms with Gasteiger partial charge in [0, 0.05) is 17.2 Å². The minimum absolute atomic E-state index is 0.0428. The summed E-state index contributed by atoms with van der Waals surface area (Å²) in [4.78, 5) is 18.6. The monoisotopic (exact) mass is 365 g/mol. The molecule has 0 fully saturated rings. The summed E-state index contributed by atoms with van der Waals surface area (Å²) in [5.74, 6) is -0.237. The van der Waals surface area contributed by atoms with E-state index < -0.39 is 5.56 Å². The molecule has 5 nitrogen and oxygen atoms in total. The second-order valence-corrected chi connectivity index (χ2v) is 5.35. The van der Waals surface area contributed by atoms with Crippen LogP contribution in [0.4, 0.5) is 5.69 Å². The lowest BCUT2D eigenvalue weighted by molar-refractivity contribution is 0.413. The first-order chi connectivity index (χ1) is 10.0. The van der Waals surface area contributed by atoms with E-state index in [1.165, 1.54) is 10.8 Å². The van der Waals surface area contributed by atoms with Gasteiger partial charge in [-0.15, -0.1) is 6.58 Å². The normalized spacial score (nSPS) is 10.9. The minimum atomic E-state index is -0.492. The molecule has 0 atom stereocenters. The van der Waals surface area contributed by atoms with Gasteiger partial charge in [-0.1, -0.05) is 18.2 Å². The van der Waals surface area contributed by atoms with E-state index in [9.17, 15) is 9.90 Å². The van der Waals surface area contributed by atoms with E-state index in [4.69, 9.17) is 12.2 Å². The van der Waals surface area contributed by atoms with Crippen molar-refractivity contribution < 1.29 is 5.11 Å². The molecule has 0 aliphatic carbocycles. The lowest BCUT2D eigenvalue weighted by atomic mass is 10.3. The molecule has 0 radical (unpaired) electrons. The van der Waals surface area contributed by atoms with Gasteiger partial charge in [-0.25, -0.2) is 0 Å². The van der Waals surface area contributed by atoms with E-state index in [1.54, 1.807) is 12.1 Å². The number of aromatic amines is 1. The number of nitrogens with zero attached hydrogens (tertiary/aromatic N) is 2. The van der Waals surface area contributed by atoms with Crippen LogP contribution in [0, 0.1) is 4.77 Å². The van der Waals surface area contributed by atoms with Crippen LogP contribution in [-0.4, -0.2) is 20.9 Å². The average Bonchev–Trinajstić information content (AvgIpc) is 2.45. The van der Waals surface area contributed by atoms with E-state index in [-0.39, 0.29) is 22.8 Å². The smallest absolute Gasteiger partial charge is 0.264 e. The van der Waals surface area contributed by atoms with Crippen molar-refractivity contribution in [3.8, 4) is 5.88 Å². The quantitative estimate of drug-likeness (QED) is 0.496. The van der Waals surface area contributed by atoms with Gasteiger partial charge in [0.1, 0.15) is 5.56 Å². The number of nitrogens with one attached hydrogen (secondary N) is 1. The molecular formula is C14H12BrN3O2S. The Morgan fingerprint density at radius 2 is 2.19 bits per heavy atom. The van der Waals surface area contributed by atoms with Crippen molar-refractivity contribution in [2.24, 2.45) is 4.99 Å². The van der Waals surface area contributed by atoms with E-state index >= 15 is 0 Å². The molecule has 0 spiro atoms. The van der Waals surface area contributed by atoms with Crippen LogP contribution >= 0.6 is 28.1 Å². The minimum Gasteiger partial charge on any atom is -0.494 e. The molecule has 2 N–H and O–H groups in total. The van der Waals surface area contributed by atoms with E-state index in [0.29, 0.717) is 5.69 Å². The van der Waals surface area contributed by atoms with Gasteiger partial charge in [-0.3, -0.25) is 19.3 Å². The third-order valence-corrected chi connectivity index (χ3v) is 3.70. The number of H-pyrrole nitrogens is 1. The summed E-state index contributed by atoms with van der Waals surface area (Å²) in [6, 6.07) is 7.30. The van der Waals surface area contributed by atoms with Crippen molar-refractivity contribution in [2.45, 2.75) is 6.54 Å². The Hall–Kier alpha value is -1.99. The third-order valence-electron chi connectivity index (χ3n) is 2.70. The summed E-state index contributed by atoms with van der Waals surface area (Å²) in [6.45, 7) is 3.87. The molecule has 0 aliphatic rings. The number of para-hydroxylation sites is 1. The lowest BCUT2D eigenvalue weighted by Gasteiger charge is -2.08. The third kappa shape index (κ3) is 3.37. The van der Waals surface area contributed by atoms with Gasteiger partial charge in [0.2, 0.25) is 5.88 Å². The summed E-state index contributed by atoms with van der Waals surface area (Å²) in [6.07, 6.45) is 2.88. The highest BCUT2D eigenvalue weighted by atomic mass is 79.9. The summed E-state index contributed by atoms with van der Waals surface area (Å²) in [7, 11) is 0. The number of aromatic nitrogens is 2. The molecular weight excluding hydrogens is 354 g/mol. The predicted molar refractivity (Wildman–Crippen MR) is 89.1 cm³/mol. The van der Waals surface area contributed by atoms with Crippen LogP contribution in [0.25, 0.3) is 0 Å². The van der Waals surface area contributed by atoms with Crippen molar-refractivity contribution in [3.63, 3.8) is 0 Å². The maximum Gasteiger partial charge on any atom is 0.264 e. The van der Waals surface area contributed by atoms with Crippen molar-refractivity contribution in [3.05, 3.63) is 62.1 Å². The number of allylic oxidation sites excluding steroid dienone is 1. The molecule has 0 bridgehead atoms. The maximum atomic E-state index is 11.9. The van der Waals surface area contributed by atoms with Gasteiger partial charge in [0.05, 0.1) is 5.69 Å². The Kier molecular flexibility index (Phi) is 4.87. The molecule has 0 saturated carbocycles. The molecule has 0 saturated heterocycles. The largest absolute Gasteiger partial charge is 0.494 e. The molecule has 1 aromatic carbocycles. The first-order valence-corrected chi connectivity index (χ1v) is 7.20. The highest BCUT2D eigenvalue weighted by Crippen LogP contribution is 2.24. The molecule has 2 rings (SSSR count). The molecule has 21 heavy (non-hydrogen) atoms. The Bertz CT molecular complexity index is 824. The second kappa shape index (κ2) is 6.64.